The Labute approximate surface area is 204 Å². The molecular formula is C27H37N3O3Si. The molecule has 0 saturated carbocycles. The van der Waals surface area contributed by atoms with Crippen molar-refractivity contribution < 1.29 is 14.0 Å². The summed E-state index contributed by atoms with van der Waals surface area (Å²) in [7, 11) is -1.98. The summed E-state index contributed by atoms with van der Waals surface area (Å²) in [6.45, 7) is 12.4. The molecule has 0 aliphatic rings. The summed E-state index contributed by atoms with van der Waals surface area (Å²) in [5.41, 5.74) is 7.87. The average molecular weight is 480 g/mol. The maximum atomic E-state index is 11.4. The number of hydrogen-bond donors (Lipinski definition) is 1. The van der Waals surface area contributed by atoms with Crippen LogP contribution in [-0.4, -0.2) is 36.5 Å². The zero-order valence-corrected chi connectivity index (χ0v) is 22.0. The second-order valence-electron chi connectivity index (χ2n) is 10.2. The van der Waals surface area contributed by atoms with Gasteiger partial charge in [-0.15, -0.1) is 0 Å². The van der Waals surface area contributed by atoms with Crippen molar-refractivity contribution in [1.29, 1.82) is 0 Å². The number of nitrogens with two attached hydrogens (primary N) is 1. The van der Waals surface area contributed by atoms with E-state index >= 15 is 0 Å². The van der Waals surface area contributed by atoms with Gasteiger partial charge in [-0.05, 0) is 42.6 Å². The number of carbonyl (C=O) groups excluding carboxylic acids is 1. The quantitative estimate of drug-likeness (QED) is 0.274. The van der Waals surface area contributed by atoms with Gasteiger partial charge in [0.05, 0.1) is 19.0 Å². The van der Waals surface area contributed by atoms with Gasteiger partial charge in [0.15, 0.2) is 8.32 Å². The summed E-state index contributed by atoms with van der Waals surface area (Å²) in [6, 6.07) is 18.4. The summed E-state index contributed by atoms with van der Waals surface area (Å²) in [4.78, 5) is 15.5. The molecule has 0 radical (unpaired) electrons. The minimum Gasteiger partial charge on any atom is -0.493 e. The number of ether oxygens (including phenoxy) is 1. The molecule has 2 aromatic carbocycles. The number of imidazole rings is 1. The molecule has 0 aliphatic heterocycles. The number of aromatic nitrogens is 2. The van der Waals surface area contributed by atoms with Gasteiger partial charge in [0.25, 0.3) is 5.91 Å². The van der Waals surface area contributed by atoms with Crippen molar-refractivity contribution in [1.82, 2.24) is 9.55 Å². The van der Waals surface area contributed by atoms with E-state index in [4.69, 9.17) is 14.9 Å². The maximum absolute atomic E-state index is 11.4. The number of benzene rings is 2. The number of hydrogen-bond acceptors (Lipinski definition) is 4. The molecule has 0 spiro atoms. The molecule has 1 heterocycles. The monoisotopic (exact) mass is 479 g/mol. The van der Waals surface area contributed by atoms with Crippen LogP contribution in [0, 0.1) is 0 Å². The van der Waals surface area contributed by atoms with E-state index in [1.165, 1.54) is 0 Å². The highest BCUT2D eigenvalue weighted by Crippen LogP contribution is 2.38. The van der Waals surface area contributed by atoms with Gasteiger partial charge in [0, 0.05) is 18.3 Å². The Bertz CT molecular complexity index is 1070. The summed E-state index contributed by atoms with van der Waals surface area (Å²) in [5, 5.41) is 0.101. The predicted octanol–water partition coefficient (Wildman–Crippen LogP) is 5.90. The fourth-order valence-electron chi connectivity index (χ4n) is 3.55. The van der Waals surface area contributed by atoms with Gasteiger partial charge >= 0.3 is 0 Å². The number of para-hydroxylation sites is 1. The first-order chi connectivity index (χ1) is 16.1. The second kappa shape index (κ2) is 11.0. The van der Waals surface area contributed by atoms with E-state index in [1.807, 2.05) is 41.0 Å². The Balaban J connectivity index is 1.65. The summed E-state index contributed by atoms with van der Waals surface area (Å²) < 4.78 is 14.8. The van der Waals surface area contributed by atoms with Crippen molar-refractivity contribution in [2.45, 2.75) is 64.4 Å². The Morgan fingerprint density at radius 2 is 1.76 bits per heavy atom. The van der Waals surface area contributed by atoms with Crippen molar-refractivity contribution in [3.8, 4) is 16.9 Å². The topological polar surface area (TPSA) is 79.4 Å². The largest absolute Gasteiger partial charge is 0.493 e. The summed E-state index contributed by atoms with van der Waals surface area (Å²) in [6.07, 6.45) is 5.01. The van der Waals surface area contributed by atoms with Gasteiger partial charge in [-0.2, -0.15) is 0 Å². The van der Waals surface area contributed by atoms with Crippen LogP contribution in [0.25, 0.3) is 11.1 Å². The SMILES string of the molecule is CC(C)(C)[Si](C)(C)O[C@@H](CCCOc1ccccc1-c1ccccc1)Cn1cnc(C(N)=O)c1. The highest BCUT2D eigenvalue weighted by Gasteiger charge is 2.39. The van der Waals surface area contributed by atoms with E-state index in [0.29, 0.717) is 13.2 Å². The Kier molecular flexibility index (Phi) is 8.33. The van der Waals surface area contributed by atoms with Gasteiger partial charge in [0.2, 0.25) is 0 Å². The predicted molar refractivity (Wildman–Crippen MR) is 139 cm³/mol. The van der Waals surface area contributed by atoms with Crippen LogP contribution in [0.3, 0.4) is 0 Å². The number of nitrogens with zero attached hydrogens (tertiary/aromatic N) is 2. The average Bonchev–Trinajstić information content (AvgIpc) is 3.25. The first-order valence-corrected chi connectivity index (χ1v) is 14.7. The number of rotatable bonds is 11. The zero-order valence-electron chi connectivity index (χ0n) is 21.0. The number of carbonyl (C=O) groups is 1. The Morgan fingerprint density at radius 3 is 2.41 bits per heavy atom. The van der Waals surface area contributed by atoms with Crippen LogP contribution in [0.1, 0.15) is 44.1 Å². The molecule has 34 heavy (non-hydrogen) atoms. The molecule has 0 saturated heterocycles. The molecule has 0 unspecified atom stereocenters. The van der Waals surface area contributed by atoms with Crippen LogP contribution in [0.15, 0.2) is 67.1 Å². The van der Waals surface area contributed by atoms with Crippen LogP contribution >= 0.6 is 0 Å². The van der Waals surface area contributed by atoms with E-state index in [9.17, 15) is 4.79 Å². The van der Waals surface area contributed by atoms with Crippen LogP contribution in [-0.2, 0) is 11.0 Å². The highest BCUT2D eigenvalue weighted by atomic mass is 28.4. The summed E-state index contributed by atoms with van der Waals surface area (Å²) in [5.74, 6) is 0.363. The lowest BCUT2D eigenvalue weighted by Crippen LogP contribution is -2.45. The molecule has 0 aliphatic carbocycles. The molecule has 1 aromatic heterocycles. The van der Waals surface area contributed by atoms with Crippen LogP contribution in [0.2, 0.25) is 18.1 Å². The maximum Gasteiger partial charge on any atom is 0.268 e. The Morgan fingerprint density at radius 1 is 1.09 bits per heavy atom. The minimum absolute atomic E-state index is 0.0104. The number of primary amides is 1. The van der Waals surface area contributed by atoms with Gasteiger partial charge < -0.3 is 19.5 Å². The van der Waals surface area contributed by atoms with Crippen molar-refractivity contribution in [3.05, 3.63) is 72.8 Å². The van der Waals surface area contributed by atoms with Crippen molar-refractivity contribution in [2.24, 2.45) is 5.73 Å². The van der Waals surface area contributed by atoms with E-state index in [2.05, 4.69) is 57.0 Å². The Hall–Kier alpha value is -2.90. The van der Waals surface area contributed by atoms with Crippen molar-refractivity contribution in [2.75, 3.05) is 6.61 Å². The van der Waals surface area contributed by atoms with E-state index in [1.54, 1.807) is 12.5 Å². The lowest BCUT2D eigenvalue weighted by Gasteiger charge is -2.39. The molecule has 7 heteroatoms. The smallest absolute Gasteiger partial charge is 0.268 e. The van der Waals surface area contributed by atoms with Gasteiger partial charge in [0.1, 0.15) is 11.4 Å². The van der Waals surface area contributed by atoms with Crippen LogP contribution in [0.4, 0.5) is 0 Å². The molecule has 6 nitrogen and oxygen atoms in total. The molecule has 1 atom stereocenters. The van der Waals surface area contributed by atoms with Crippen molar-refractivity contribution in [3.63, 3.8) is 0 Å². The molecular weight excluding hydrogens is 442 g/mol. The third kappa shape index (κ3) is 6.81. The van der Waals surface area contributed by atoms with Crippen LogP contribution < -0.4 is 10.5 Å². The highest BCUT2D eigenvalue weighted by molar-refractivity contribution is 6.74. The fraction of sp³-hybridized carbons (Fsp3) is 0.407. The standard InChI is InChI=1S/C27H37N3O3Si/c1-27(2,3)34(4,5)33-22(18-30-19-24(26(28)31)29-20-30)14-11-17-32-25-16-10-9-15-23(25)21-12-7-6-8-13-21/h6-10,12-13,15-16,19-20,22H,11,14,17-18H2,1-5H3,(H2,28,31)/t22-/m0/s1. The molecule has 1 amide bonds. The van der Waals surface area contributed by atoms with Crippen molar-refractivity contribution >= 4 is 14.2 Å². The lowest BCUT2D eigenvalue weighted by atomic mass is 10.1. The zero-order chi connectivity index (χ0) is 24.8. The normalized spacial score (nSPS) is 13.0. The van der Waals surface area contributed by atoms with Gasteiger partial charge in [-0.3, -0.25) is 4.79 Å². The molecule has 2 N–H and O–H groups in total. The first kappa shape index (κ1) is 25.7. The minimum atomic E-state index is -1.98. The fourth-order valence-corrected chi connectivity index (χ4v) is 4.92. The third-order valence-electron chi connectivity index (χ3n) is 6.47. The van der Waals surface area contributed by atoms with E-state index < -0.39 is 14.2 Å². The molecule has 0 bridgehead atoms. The second-order valence-corrected chi connectivity index (χ2v) is 14.9. The molecule has 3 aromatic rings. The molecule has 3 rings (SSSR count). The molecule has 0 fully saturated rings. The lowest BCUT2D eigenvalue weighted by molar-refractivity contribution is 0.0995. The first-order valence-electron chi connectivity index (χ1n) is 11.8. The molecule has 182 valence electrons. The third-order valence-corrected chi connectivity index (χ3v) is 11.0. The number of amides is 1. The van der Waals surface area contributed by atoms with E-state index in [0.717, 1.165) is 29.7 Å². The van der Waals surface area contributed by atoms with Crippen LogP contribution in [0.5, 0.6) is 5.75 Å². The van der Waals surface area contributed by atoms with Gasteiger partial charge in [-0.25, -0.2) is 4.98 Å². The summed E-state index contributed by atoms with van der Waals surface area (Å²) >= 11 is 0. The van der Waals surface area contributed by atoms with Gasteiger partial charge in [-0.1, -0.05) is 69.3 Å². The van der Waals surface area contributed by atoms with E-state index in [-0.39, 0.29) is 16.8 Å².